The van der Waals surface area contributed by atoms with Gasteiger partial charge in [0.1, 0.15) is 0 Å². The zero-order chi connectivity index (χ0) is 12.7. The Hall–Kier alpha value is -0.250. The topological polar surface area (TPSA) is 12.0 Å². The second-order valence-corrected chi connectivity index (χ2v) is 5.23. The van der Waals surface area contributed by atoms with Gasteiger partial charge in [0, 0.05) is 12.5 Å². The van der Waals surface area contributed by atoms with E-state index >= 15 is 0 Å². The minimum absolute atomic E-state index is 0.252. The molecule has 1 nitrogen and oxygen atoms in total. The molecule has 0 aromatic heterocycles. The second-order valence-electron chi connectivity index (χ2n) is 5.23. The molecule has 1 N–H and O–H groups in total. The van der Waals surface area contributed by atoms with Crippen LogP contribution in [0.4, 0.5) is 13.2 Å². The first-order valence-corrected chi connectivity index (χ1v) is 6.75. The fraction of sp³-hybridized carbons (Fsp3) is 1.00. The van der Waals surface area contributed by atoms with Crippen LogP contribution in [0, 0.1) is 5.92 Å². The van der Waals surface area contributed by atoms with Crippen LogP contribution in [0.25, 0.3) is 0 Å². The second kappa shape index (κ2) is 7.24. The van der Waals surface area contributed by atoms with Gasteiger partial charge in [-0.15, -0.1) is 0 Å². The van der Waals surface area contributed by atoms with Gasteiger partial charge in [-0.05, 0) is 32.2 Å². The van der Waals surface area contributed by atoms with Gasteiger partial charge in [-0.25, -0.2) is 0 Å². The van der Waals surface area contributed by atoms with Gasteiger partial charge >= 0.3 is 6.18 Å². The summed E-state index contributed by atoms with van der Waals surface area (Å²) < 4.78 is 36.1. The van der Waals surface area contributed by atoms with Gasteiger partial charge in [0.25, 0.3) is 0 Å². The van der Waals surface area contributed by atoms with Crippen molar-refractivity contribution in [2.75, 3.05) is 7.05 Å². The van der Waals surface area contributed by atoms with Crippen molar-refractivity contribution in [1.29, 1.82) is 0 Å². The molecule has 0 radical (unpaired) electrons. The molecule has 17 heavy (non-hydrogen) atoms. The number of halogens is 3. The van der Waals surface area contributed by atoms with Crippen LogP contribution in [0.3, 0.4) is 0 Å². The van der Waals surface area contributed by atoms with E-state index in [2.05, 4.69) is 5.32 Å². The average molecular weight is 251 g/mol. The largest absolute Gasteiger partial charge is 0.389 e. The molecular formula is C13H24F3N. The third kappa shape index (κ3) is 6.92. The number of rotatable bonds is 6. The maximum Gasteiger partial charge on any atom is 0.389 e. The first kappa shape index (κ1) is 14.8. The Morgan fingerprint density at radius 3 is 2.35 bits per heavy atom. The van der Waals surface area contributed by atoms with E-state index in [1.165, 1.54) is 32.1 Å². The predicted octanol–water partition coefficient (Wildman–Crippen LogP) is 4.28. The van der Waals surface area contributed by atoms with Crippen LogP contribution in [0.2, 0.25) is 0 Å². The van der Waals surface area contributed by atoms with E-state index in [9.17, 15) is 13.2 Å². The average Bonchev–Trinajstić information content (AvgIpc) is 2.27. The summed E-state index contributed by atoms with van der Waals surface area (Å²) in [6.07, 6.45) is 3.75. The molecule has 1 aliphatic carbocycles. The lowest BCUT2D eigenvalue weighted by molar-refractivity contribution is -0.135. The Bertz CT molecular complexity index is 197. The smallest absolute Gasteiger partial charge is 0.317 e. The van der Waals surface area contributed by atoms with Crippen LogP contribution in [0.1, 0.15) is 57.8 Å². The number of alkyl halides is 3. The fourth-order valence-corrected chi connectivity index (χ4v) is 2.75. The number of hydrogen-bond donors (Lipinski definition) is 1. The summed E-state index contributed by atoms with van der Waals surface area (Å²) in [5.41, 5.74) is 0. The van der Waals surface area contributed by atoms with Crippen molar-refractivity contribution in [3.05, 3.63) is 0 Å². The highest BCUT2D eigenvalue weighted by Gasteiger charge is 2.27. The molecule has 0 saturated heterocycles. The van der Waals surface area contributed by atoms with E-state index in [1.54, 1.807) is 0 Å². The minimum atomic E-state index is -4.00. The van der Waals surface area contributed by atoms with Gasteiger partial charge in [-0.1, -0.05) is 32.1 Å². The minimum Gasteiger partial charge on any atom is -0.317 e. The van der Waals surface area contributed by atoms with Crippen LogP contribution in [-0.4, -0.2) is 19.3 Å². The van der Waals surface area contributed by atoms with Gasteiger partial charge in [-0.3, -0.25) is 0 Å². The van der Waals surface area contributed by atoms with Crippen LogP contribution in [0.15, 0.2) is 0 Å². The Labute approximate surface area is 102 Å². The van der Waals surface area contributed by atoms with E-state index in [0.717, 1.165) is 12.3 Å². The summed E-state index contributed by atoms with van der Waals surface area (Å²) >= 11 is 0. The van der Waals surface area contributed by atoms with Gasteiger partial charge in [0.2, 0.25) is 0 Å². The highest BCUT2D eigenvalue weighted by molar-refractivity contribution is 4.74. The number of nitrogens with one attached hydrogen (secondary N) is 1. The Kier molecular flexibility index (Phi) is 6.31. The van der Waals surface area contributed by atoms with Crippen molar-refractivity contribution in [2.24, 2.45) is 5.92 Å². The Morgan fingerprint density at radius 1 is 1.18 bits per heavy atom. The summed E-state index contributed by atoms with van der Waals surface area (Å²) in [5, 5.41) is 3.17. The van der Waals surface area contributed by atoms with Crippen molar-refractivity contribution in [3.63, 3.8) is 0 Å². The molecule has 0 heterocycles. The maximum absolute atomic E-state index is 12.0. The lowest BCUT2D eigenvalue weighted by atomic mass is 9.84. The molecule has 1 saturated carbocycles. The molecule has 0 amide bonds. The SMILES string of the molecule is CNC(CCCC(F)(F)F)CC1CCCCC1. The lowest BCUT2D eigenvalue weighted by Crippen LogP contribution is -2.29. The lowest BCUT2D eigenvalue weighted by Gasteiger charge is -2.26. The van der Waals surface area contributed by atoms with Crippen molar-refractivity contribution >= 4 is 0 Å². The van der Waals surface area contributed by atoms with E-state index < -0.39 is 12.6 Å². The van der Waals surface area contributed by atoms with Crippen molar-refractivity contribution in [3.8, 4) is 0 Å². The maximum atomic E-state index is 12.0. The zero-order valence-electron chi connectivity index (χ0n) is 10.7. The van der Waals surface area contributed by atoms with E-state index in [4.69, 9.17) is 0 Å². The zero-order valence-corrected chi connectivity index (χ0v) is 10.7. The summed E-state index contributed by atoms with van der Waals surface area (Å²) in [6.45, 7) is 0. The summed E-state index contributed by atoms with van der Waals surface area (Å²) in [4.78, 5) is 0. The molecule has 1 unspecified atom stereocenters. The molecule has 1 rings (SSSR count). The van der Waals surface area contributed by atoms with Crippen molar-refractivity contribution in [1.82, 2.24) is 5.32 Å². The third-order valence-corrected chi connectivity index (χ3v) is 3.76. The van der Waals surface area contributed by atoms with E-state index in [1.807, 2.05) is 7.05 Å². The number of hydrogen-bond acceptors (Lipinski definition) is 1. The fourth-order valence-electron chi connectivity index (χ4n) is 2.75. The monoisotopic (exact) mass is 251 g/mol. The van der Waals surface area contributed by atoms with Crippen molar-refractivity contribution < 1.29 is 13.2 Å². The predicted molar refractivity (Wildman–Crippen MR) is 63.9 cm³/mol. The van der Waals surface area contributed by atoms with Crippen LogP contribution in [0.5, 0.6) is 0 Å². The van der Waals surface area contributed by atoms with Crippen LogP contribution < -0.4 is 5.32 Å². The molecule has 0 aromatic carbocycles. The van der Waals surface area contributed by atoms with Crippen LogP contribution in [-0.2, 0) is 0 Å². The standard InChI is InChI=1S/C13H24F3N/c1-17-12(8-5-9-13(14,15)16)10-11-6-3-2-4-7-11/h11-12,17H,2-10H2,1H3. The molecular weight excluding hydrogens is 227 g/mol. The normalized spacial score (nSPS) is 20.5. The van der Waals surface area contributed by atoms with Crippen LogP contribution >= 0.6 is 0 Å². The molecule has 0 spiro atoms. The quantitative estimate of drug-likeness (QED) is 0.743. The summed E-state index contributed by atoms with van der Waals surface area (Å²) in [6, 6.07) is 0.264. The van der Waals surface area contributed by atoms with Gasteiger partial charge in [-0.2, -0.15) is 13.2 Å². The first-order valence-electron chi connectivity index (χ1n) is 6.75. The molecule has 0 bridgehead atoms. The van der Waals surface area contributed by atoms with Gasteiger partial charge in [0.05, 0.1) is 0 Å². The van der Waals surface area contributed by atoms with E-state index in [-0.39, 0.29) is 12.5 Å². The molecule has 4 heteroatoms. The van der Waals surface area contributed by atoms with Gasteiger partial charge in [0.15, 0.2) is 0 Å². The molecule has 1 fully saturated rings. The molecule has 0 aliphatic heterocycles. The molecule has 1 aliphatic rings. The van der Waals surface area contributed by atoms with Gasteiger partial charge < -0.3 is 5.32 Å². The Balaban J connectivity index is 2.18. The summed E-state index contributed by atoms with van der Waals surface area (Å²) in [5.74, 6) is 0.729. The first-order chi connectivity index (χ1) is 8.01. The third-order valence-electron chi connectivity index (χ3n) is 3.76. The Morgan fingerprint density at radius 2 is 1.82 bits per heavy atom. The molecule has 1 atom stereocenters. The van der Waals surface area contributed by atoms with E-state index in [0.29, 0.717) is 6.42 Å². The highest BCUT2D eigenvalue weighted by atomic mass is 19.4. The molecule has 102 valence electrons. The highest BCUT2D eigenvalue weighted by Crippen LogP contribution is 2.29. The van der Waals surface area contributed by atoms with Crippen molar-refractivity contribution in [2.45, 2.75) is 70.0 Å². The molecule has 0 aromatic rings. The summed E-state index contributed by atoms with van der Waals surface area (Å²) in [7, 11) is 1.86.